The Morgan fingerprint density at radius 1 is 1.16 bits per heavy atom. The summed E-state index contributed by atoms with van der Waals surface area (Å²) in [6.45, 7) is 0. The molecule has 0 radical (unpaired) electrons. The first-order chi connectivity index (χ1) is 8.97. The summed E-state index contributed by atoms with van der Waals surface area (Å²) < 4.78 is 13.1. The van der Waals surface area contributed by atoms with Crippen LogP contribution < -0.4 is 5.32 Å². The minimum absolute atomic E-state index is 0.183. The van der Waals surface area contributed by atoms with Crippen LogP contribution in [0.25, 0.3) is 0 Å². The van der Waals surface area contributed by atoms with E-state index in [2.05, 4.69) is 5.32 Å². The first-order valence-corrected chi connectivity index (χ1v) is 5.98. The molecule has 0 fully saturated rings. The van der Waals surface area contributed by atoms with Crippen LogP contribution in [0.5, 0.6) is 5.75 Å². The van der Waals surface area contributed by atoms with Gasteiger partial charge >= 0.3 is 0 Å². The van der Waals surface area contributed by atoms with Crippen molar-refractivity contribution in [3.63, 3.8) is 0 Å². The molecule has 1 amide bonds. The van der Waals surface area contributed by atoms with Crippen LogP contribution in [0.2, 0.25) is 10.0 Å². The number of carbonyl (C=O) groups is 1. The second-order valence-corrected chi connectivity index (χ2v) is 4.59. The van der Waals surface area contributed by atoms with E-state index in [-0.39, 0.29) is 16.3 Å². The molecule has 0 spiro atoms. The van der Waals surface area contributed by atoms with Gasteiger partial charge in [0.05, 0.1) is 10.6 Å². The standard InChI is InChI=1S/C13H8Cl2FNO2/c14-7-1-3-10(15)9(5-7)13(19)17-8-2-4-12(18)11(16)6-8/h1-6,18H,(H,17,19). The van der Waals surface area contributed by atoms with Gasteiger partial charge in [-0.2, -0.15) is 0 Å². The molecule has 0 saturated heterocycles. The van der Waals surface area contributed by atoms with E-state index in [1.165, 1.54) is 18.2 Å². The molecule has 0 aliphatic heterocycles. The van der Waals surface area contributed by atoms with Gasteiger partial charge in [-0.05, 0) is 30.3 Å². The molecule has 2 N–H and O–H groups in total. The van der Waals surface area contributed by atoms with Crippen molar-refractivity contribution >= 4 is 34.8 Å². The number of phenolic OH excluding ortho intramolecular Hbond substituents is 1. The van der Waals surface area contributed by atoms with Crippen molar-refractivity contribution < 1.29 is 14.3 Å². The molecule has 0 unspecified atom stereocenters. The van der Waals surface area contributed by atoms with Crippen LogP contribution in [0.1, 0.15) is 10.4 Å². The number of benzene rings is 2. The average Bonchev–Trinajstić information content (AvgIpc) is 2.36. The molecule has 6 heteroatoms. The predicted octanol–water partition coefficient (Wildman–Crippen LogP) is 4.09. The van der Waals surface area contributed by atoms with Crippen LogP contribution in [0.4, 0.5) is 10.1 Å². The maximum absolute atomic E-state index is 13.1. The van der Waals surface area contributed by atoms with E-state index in [9.17, 15) is 9.18 Å². The van der Waals surface area contributed by atoms with Crippen LogP contribution in [-0.2, 0) is 0 Å². The quantitative estimate of drug-likeness (QED) is 0.821. The number of halogens is 3. The Kier molecular flexibility index (Phi) is 3.93. The van der Waals surface area contributed by atoms with Gasteiger partial charge in [-0.15, -0.1) is 0 Å². The number of anilines is 1. The second kappa shape index (κ2) is 5.47. The van der Waals surface area contributed by atoms with Crippen molar-refractivity contribution in [3.05, 3.63) is 57.8 Å². The number of carbonyl (C=O) groups excluding carboxylic acids is 1. The highest BCUT2D eigenvalue weighted by Crippen LogP contribution is 2.23. The topological polar surface area (TPSA) is 49.3 Å². The van der Waals surface area contributed by atoms with E-state index in [1.807, 2.05) is 0 Å². The third-order valence-electron chi connectivity index (χ3n) is 2.38. The zero-order chi connectivity index (χ0) is 14.0. The lowest BCUT2D eigenvalue weighted by Crippen LogP contribution is -2.12. The Balaban J connectivity index is 2.25. The molecule has 2 rings (SSSR count). The van der Waals surface area contributed by atoms with Crippen LogP contribution >= 0.6 is 23.2 Å². The zero-order valence-corrected chi connectivity index (χ0v) is 11.0. The van der Waals surface area contributed by atoms with Crippen LogP contribution in [0.15, 0.2) is 36.4 Å². The van der Waals surface area contributed by atoms with Crippen LogP contribution in [0, 0.1) is 5.82 Å². The largest absolute Gasteiger partial charge is 0.505 e. The first kappa shape index (κ1) is 13.6. The van der Waals surface area contributed by atoms with Crippen molar-refractivity contribution in [1.29, 1.82) is 0 Å². The fourth-order valence-corrected chi connectivity index (χ4v) is 1.83. The molecule has 0 saturated carbocycles. The predicted molar refractivity (Wildman–Crippen MR) is 72.5 cm³/mol. The van der Waals surface area contributed by atoms with Gasteiger partial charge in [-0.25, -0.2) is 4.39 Å². The minimum atomic E-state index is -0.824. The highest BCUT2D eigenvalue weighted by molar-refractivity contribution is 6.36. The maximum atomic E-state index is 13.1. The van der Waals surface area contributed by atoms with Crippen molar-refractivity contribution in [1.82, 2.24) is 0 Å². The third-order valence-corrected chi connectivity index (χ3v) is 2.94. The van der Waals surface area contributed by atoms with Crippen LogP contribution in [0.3, 0.4) is 0 Å². The minimum Gasteiger partial charge on any atom is -0.505 e. The fraction of sp³-hybridized carbons (Fsp3) is 0. The summed E-state index contributed by atoms with van der Waals surface area (Å²) in [4.78, 5) is 11.9. The molecule has 2 aromatic rings. The van der Waals surface area contributed by atoms with Crippen molar-refractivity contribution in [3.8, 4) is 5.75 Å². The van der Waals surface area contributed by atoms with E-state index < -0.39 is 17.5 Å². The van der Waals surface area contributed by atoms with Crippen LogP contribution in [-0.4, -0.2) is 11.0 Å². The summed E-state index contributed by atoms with van der Waals surface area (Å²) in [5.74, 6) is -1.83. The SMILES string of the molecule is O=C(Nc1ccc(O)c(F)c1)c1cc(Cl)ccc1Cl. The van der Waals surface area contributed by atoms with E-state index in [0.717, 1.165) is 12.1 Å². The normalized spacial score (nSPS) is 10.3. The molecule has 0 aliphatic rings. The molecule has 98 valence electrons. The molecule has 19 heavy (non-hydrogen) atoms. The smallest absolute Gasteiger partial charge is 0.257 e. The van der Waals surface area contributed by atoms with Crippen molar-refractivity contribution in [2.24, 2.45) is 0 Å². The average molecular weight is 300 g/mol. The molecule has 0 aromatic heterocycles. The molecule has 0 atom stereocenters. The molecule has 3 nitrogen and oxygen atoms in total. The van der Waals surface area contributed by atoms with E-state index in [1.54, 1.807) is 6.07 Å². The number of nitrogens with one attached hydrogen (secondary N) is 1. The summed E-state index contributed by atoms with van der Waals surface area (Å²) in [5.41, 5.74) is 0.388. The van der Waals surface area contributed by atoms with Gasteiger partial charge in [-0.1, -0.05) is 23.2 Å². The highest BCUT2D eigenvalue weighted by atomic mass is 35.5. The monoisotopic (exact) mass is 299 g/mol. The molecule has 0 bridgehead atoms. The van der Waals surface area contributed by atoms with Crippen molar-refractivity contribution in [2.75, 3.05) is 5.32 Å². The Morgan fingerprint density at radius 2 is 1.89 bits per heavy atom. The molecule has 0 aliphatic carbocycles. The Bertz CT molecular complexity index is 647. The number of amides is 1. The summed E-state index contributed by atoms with van der Waals surface area (Å²) in [7, 11) is 0. The molecule has 0 heterocycles. The van der Waals surface area contributed by atoms with Gasteiger partial charge in [0.15, 0.2) is 11.6 Å². The summed E-state index contributed by atoms with van der Waals surface area (Å²) in [6, 6.07) is 7.98. The molecule has 2 aromatic carbocycles. The summed E-state index contributed by atoms with van der Waals surface area (Å²) in [5, 5.41) is 12.1. The van der Waals surface area contributed by atoms with Gasteiger partial charge in [-0.3, -0.25) is 4.79 Å². The lowest BCUT2D eigenvalue weighted by Gasteiger charge is -2.07. The van der Waals surface area contributed by atoms with Gasteiger partial charge in [0.1, 0.15) is 0 Å². The Hall–Kier alpha value is -1.78. The second-order valence-electron chi connectivity index (χ2n) is 3.74. The van der Waals surface area contributed by atoms with E-state index in [4.69, 9.17) is 28.3 Å². The van der Waals surface area contributed by atoms with Gasteiger partial charge in [0.25, 0.3) is 5.91 Å². The third kappa shape index (κ3) is 3.16. The zero-order valence-electron chi connectivity index (χ0n) is 9.45. The lowest BCUT2D eigenvalue weighted by molar-refractivity contribution is 0.102. The number of hydrogen-bond donors (Lipinski definition) is 2. The van der Waals surface area contributed by atoms with Gasteiger partial charge < -0.3 is 10.4 Å². The molecular weight excluding hydrogens is 292 g/mol. The number of phenols is 1. The van der Waals surface area contributed by atoms with Crippen molar-refractivity contribution in [2.45, 2.75) is 0 Å². The number of aromatic hydroxyl groups is 1. The van der Waals surface area contributed by atoms with E-state index in [0.29, 0.717) is 5.02 Å². The fourth-order valence-electron chi connectivity index (χ4n) is 1.45. The molecular formula is C13H8Cl2FNO2. The first-order valence-electron chi connectivity index (χ1n) is 5.22. The number of hydrogen-bond acceptors (Lipinski definition) is 2. The highest BCUT2D eigenvalue weighted by Gasteiger charge is 2.12. The summed E-state index contributed by atoms with van der Waals surface area (Å²) >= 11 is 11.7. The lowest BCUT2D eigenvalue weighted by atomic mass is 10.2. The van der Waals surface area contributed by atoms with E-state index >= 15 is 0 Å². The van der Waals surface area contributed by atoms with Gasteiger partial charge in [0, 0.05) is 16.8 Å². The summed E-state index contributed by atoms with van der Waals surface area (Å²) in [6.07, 6.45) is 0. The Labute approximate surface area is 118 Å². The number of rotatable bonds is 2. The van der Waals surface area contributed by atoms with Gasteiger partial charge in [0.2, 0.25) is 0 Å². The maximum Gasteiger partial charge on any atom is 0.257 e. The Morgan fingerprint density at radius 3 is 2.58 bits per heavy atom.